The monoisotopic (exact) mass is 453 g/mol. The first kappa shape index (κ1) is 22.0. The number of hydrogen-bond donors (Lipinski definition) is 1. The molecule has 0 spiro atoms. The van der Waals surface area contributed by atoms with Crippen molar-refractivity contribution in [3.8, 4) is 11.4 Å². The number of rotatable bonds is 9. The summed E-state index contributed by atoms with van der Waals surface area (Å²) < 4.78 is 5.78. The van der Waals surface area contributed by atoms with Gasteiger partial charge in [0.05, 0.1) is 23.7 Å². The van der Waals surface area contributed by atoms with E-state index in [1.54, 1.807) is 0 Å². The molecule has 3 fully saturated rings. The molecule has 0 radical (unpaired) electrons. The summed E-state index contributed by atoms with van der Waals surface area (Å²) >= 11 is 2.18. The van der Waals surface area contributed by atoms with Gasteiger partial charge in [-0.2, -0.15) is 0 Å². The van der Waals surface area contributed by atoms with Gasteiger partial charge in [0.1, 0.15) is 5.82 Å². The van der Waals surface area contributed by atoms with E-state index in [9.17, 15) is 0 Å². The fraction of sp³-hybridized carbons (Fsp3) is 0.600. The molecule has 1 saturated heterocycles. The van der Waals surface area contributed by atoms with Crippen LogP contribution in [-0.2, 0) is 9.48 Å². The first-order valence-electron chi connectivity index (χ1n) is 12.0. The number of likely N-dealkylation sites (N-methyl/N-ethyl adjacent to an activating group) is 1. The molecule has 0 unspecified atom stereocenters. The molecule has 1 N–H and O–H groups in total. The SMILES string of the molecule is CN(C)CCNc1ccc(-c2nc(N3CCOCC3)cc(C3(SC4CC4)CCC3)n2)cc1. The molecule has 0 amide bonds. The third-order valence-corrected chi connectivity index (χ3v) is 8.50. The van der Waals surface area contributed by atoms with E-state index >= 15 is 0 Å². The van der Waals surface area contributed by atoms with Crippen molar-refractivity contribution < 1.29 is 4.74 Å². The van der Waals surface area contributed by atoms with Crippen LogP contribution in [0.15, 0.2) is 30.3 Å². The fourth-order valence-corrected chi connectivity index (χ4v) is 6.11. The van der Waals surface area contributed by atoms with Crippen LogP contribution < -0.4 is 10.2 Å². The molecule has 6 nitrogen and oxygen atoms in total. The van der Waals surface area contributed by atoms with Gasteiger partial charge in [-0.15, -0.1) is 11.8 Å². The Hall–Kier alpha value is -1.83. The normalized spacial score (nSPS) is 20.3. The Bertz CT molecular complexity index is 905. The molecule has 32 heavy (non-hydrogen) atoms. The van der Waals surface area contributed by atoms with Crippen molar-refractivity contribution in [3.63, 3.8) is 0 Å². The third kappa shape index (κ3) is 5.05. The summed E-state index contributed by atoms with van der Waals surface area (Å²) in [5.74, 6) is 1.91. The van der Waals surface area contributed by atoms with Crippen LogP contribution in [-0.4, -0.2) is 73.6 Å². The minimum Gasteiger partial charge on any atom is -0.384 e. The summed E-state index contributed by atoms with van der Waals surface area (Å²) in [5, 5.41) is 4.32. The molecule has 3 aliphatic rings. The van der Waals surface area contributed by atoms with Crippen LogP contribution in [0, 0.1) is 0 Å². The highest BCUT2D eigenvalue weighted by Gasteiger charge is 2.45. The number of hydrogen-bond acceptors (Lipinski definition) is 7. The van der Waals surface area contributed by atoms with Gasteiger partial charge >= 0.3 is 0 Å². The fourth-order valence-electron chi connectivity index (χ4n) is 4.35. The highest BCUT2D eigenvalue weighted by Crippen LogP contribution is 2.57. The van der Waals surface area contributed by atoms with Gasteiger partial charge in [-0.1, -0.05) is 0 Å². The van der Waals surface area contributed by atoms with Gasteiger partial charge in [0, 0.05) is 48.7 Å². The van der Waals surface area contributed by atoms with E-state index in [0.717, 1.165) is 67.5 Å². The number of morpholine rings is 1. The van der Waals surface area contributed by atoms with E-state index in [0.29, 0.717) is 0 Å². The summed E-state index contributed by atoms with van der Waals surface area (Å²) in [6.07, 6.45) is 6.51. The van der Waals surface area contributed by atoms with Crippen LogP contribution in [0.5, 0.6) is 0 Å². The molecule has 2 heterocycles. The molecule has 172 valence electrons. The predicted molar refractivity (Wildman–Crippen MR) is 134 cm³/mol. The molecule has 1 aromatic carbocycles. The lowest BCUT2D eigenvalue weighted by Gasteiger charge is -2.41. The van der Waals surface area contributed by atoms with Crippen LogP contribution in [0.1, 0.15) is 37.8 Å². The molecule has 2 saturated carbocycles. The van der Waals surface area contributed by atoms with Crippen molar-refractivity contribution in [2.75, 3.05) is 63.7 Å². The summed E-state index contributed by atoms with van der Waals surface area (Å²) in [6, 6.07) is 10.9. The van der Waals surface area contributed by atoms with Crippen LogP contribution in [0.3, 0.4) is 0 Å². The summed E-state index contributed by atoms with van der Waals surface area (Å²) in [5.41, 5.74) is 3.46. The van der Waals surface area contributed by atoms with Gasteiger partial charge in [-0.05, 0) is 70.5 Å². The van der Waals surface area contributed by atoms with Crippen molar-refractivity contribution in [2.24, 2.45) is 0 Å². The molecule has 1 aromatic heterocycles. The number of nitrogens with one attached hydrogen (secondary N) is 1. The van der Waals surface area contributed by atoms with Gasteiger partial charge in [0.15, 0.2) is 5.82 Å². The van der Waals surface area contributed by atoms with Crippen molar-refractivity contribution in [1.82, 2.24) is 14.9 Å². The average molecular weight is 454 g/mol. The Morgan fingerprint density at radius 3 is 2.50 bits per heavy atom. The van der Waals surface area contributed by atoms with Crippen molar-refractivity contribution in [1.29, 1.82) is 0 Å². The maximum atomic E-state index is 5.59. The van der Waals surface area contributed by atoms with Gasteiger partial charge in [-0.3, -0.25) is 0 Å². The molecule has 1 aliphatic heterocycles. The zero-order valence-corrected chi connectivity index (χ0v) is 20.2. The Labute approximate surface area is 196 Å². The molecule has 5 rings (SSSR count). The van der Waals surface area contributed by atoms with Gasteiger partial charge in [-0.25, -0.2) is 9.97 Å². The highest BCUT2D eigenvalue weighted by atomic mass is 32.2. The summed E-state index contributed by atoms with van der Waals surface area (Å²) in [7, 11) is 4.19. The first-order chi connectivity index (χ1) is 15.6. The second kappa shape index (κ2) is 9.57. The quantitative estimate of drug-likeness (QED) is 0.610. The Morgan fingerprint density at radius 2 is 1.88 bits per heavy atom. The van der Waals surface area contributed by atoms with Crippen molar-refractivity contribution in [3.05, 3.63) is 36.0 Å². The van der Waals surface area contributed by atoms with Gasteiger partial charge < -0.3 is 19.9 Å². The lowest BCUT2D eigenvalue weighted by molar-refractivity contribution is 0.122. The predicted octanol–water partition coefficient (Wildman–Crippen LogP) is 4.23. The molecule has 2 aliphatic carbocycles. The number of ether oxygens (including phenoxy) is 1. The zero-order valence-electron chi connectivity index (χ0n) is 19.3. The minimum absolute atomic E-state index is 0.188. The van der Waals surface area contributed by atoms with Gasteiger partial charge in [0.25, 0.3) is 0 Å². The van der Waals surface area contributed by atoms with Crippen LogP contribution in [0.4, 0.5) is 11.5 Å². The van der Waals surface area contributed by atoms with Crippen molar-refractivity contribution >= 4 is 23.3 Å². The Morgan fingerprint density at radius 1 is 1.12 bits per heavy atom. The largest absolute Gasteiger partial charge is 0.384 e. The molecule has 0 atom stereocenters. The molecule has 7 heteroatoms. The van der Waals surface area contributed by atoms with E-state index in [-0.39, 0.29) is 4.75 Å². The highest BCUT2D eigenvalue weighted by molar-refractivity contribution is 8.01. The zero-order chi connectivity index (χ0) is 22.0. The standard InChI is InChI=1S/C25H35N5OS/c1-29(2)13-12-26-20-6-4-19(5-7-20)24-27-22(25(10-3-11-25)32-21-8-9-21)18-23(28-24)30-14-16-31-17-15-30/h4-7,18,21,26H,3,8-17H2,1-2H3. The van der Waals surface area contributed by atoms with E-state index in [1.165, 1.54) is 37.8 Å². The van der Waals surface area contributed by atoms with Gasteiger partial charge in [0.2, 0.25) is 0 Å². The van der Waals surface area contributed by atoms with Crippen LogP contribution >= 0.6 is 11.8 Å². The second-order valence-corrected chi connectivity index (χ2v) is 11.2. The average Bonchev–Trinajstić information content (AvgIpc) is 3.61. The Kier molecular flexibility index (Phi) is 6.58. The maximum absolute atomic E-state index is 5.59. The van der Waals surface area contributed by atoms with E-state index in [1.807, 2.05) is 0 Å². The summed E-state index contributed by atoms with van der Waals surface area (Å²) in [4.78, 5) is 14.8. The van der Waals surface area contributed by atoms with Crippen LogP contribution in [0.25, 0.3) is 11.4 Å². The number of anilines is 2. The molecule has 0 bridgehead atoms. The lowest BCUT2D eigenvalue weighted by Crippen LogP contribution is -2.38. The topological polar surface area (TPSA) is 53.5 Å². The minimum atomic E-state index is 0.188. The number of thioether (sulfide) groups is 1. The molecular formula is C25H35N5OS. The second-order valence-electron chi connectivity index (χ2n) is 9.51. The first-order valence-corrected chi connectivity index (χ1v) is 12.9. The maximum Gasteiger partial charge on any atom is 0.161 e. The Balaban J connectivity index is 1.43. The smallest absolute Gasteiger partial charge is 0.161 e. The molecule has 2 aromatic rings. The van der Waals surface area contributed by atoms with E-state index in [2.05, 4.69) is 71.3 Å². The number of aromatic nitrogens is 2. The van der Waals surface area contributed by atoms with Crippen LogP contribution in [0.2, 0.25) is 0 Å². The van der Waals surface area contributed by atoms with E-state index in [4.69, 9.17) is 14.7 Å². The van der Waals surface area contributed by atoms with Crippen molar-refractivity contribution in [2.45, 2.75) is 42.1 Å². The lowest BCUT2D eigenvalue weighted by atomic mass is 9.81. The number of benzene rings is 1. The summed E-state index contributed by atoms with van der Waals surface area (Å²) in [6.45, 7) is 5.27. The van der Waals surface area contributed by atoms with E-state index < -0.39 is 0 Å². The molecular weight excluding hydrogens is 418 g/mol. The third-order valence-electron chi connectivity index (χ3n) is 6.62. The number of nitrogens with zero attached hydrogens (tertiary/aromatic N) is 4.